The molecule has 0 bridgehead atoms. The average Bonchev–Trinajstić information content (AvgIpc) is 2.78. The van der Waals surface area contributed by atoms with E-state index in [1.165, 1.54) is 10.5 Å². The zero-order valence-electron chi connectivity index (χ0n) is 16.9. The van der Waals surface area contributed by atoms with E-state index in [1.54, 1.807) is 30.2 Å². The van der Waals surface area contributed by atoms with Crippen molar-refractivity contribution >= 4 is 15.9 Å². The van der Waals surface area contributed by atoms with Gasteiger partial charge in [0.05, 0.1) is 29.6 Å². The lowest BCUT2D eigenvalue weighted by atomic mass is 9.99. The molecule has 2 aromatic heterocycles. The number of aromatic nitrogens is 3. The van der Waals surface area contributed by atoms with Gasteiger partial charge in [-0.15, -0.1) is 0 Å². The van der Waals surface area contributed by atoms with Gasteiger partial charge in [-0.2, -0.15) is 4.31 Å². The molecule has 4 rings (SSSR count). The Morgan fingerprint density at radius 3 is 2.87 bits per heavy atom. The Morgan fingerprint density at radius 2 is 2.13 bits per heavy atom. The third-order valence-corrected chi connectivity index (χ3v) is 7.63. The number of carbonyl (C=O) groups excluding carboxylic acids is 1. The van der Waals surface area contributed by atoms with Gasteiger partial charge in [-0.05, 0) is 44.7 Å². The highest BCUT2D eigenvalue weighted by atomic mass is 32.2. The summed E-state index contributed by atoms with van der Waals surface area (Å²) in [6.45, 7) is 2.54. The van der Waals surface area contributed by atoms with Gasteiger partial charge in [0.25, 0.3) is 11.5 Å². The third kappa shape index (κ3) is 3.89. The topological polar surface area (TPSA) is 116 Å². The molecule has 160 valence electrons. The van der Waals surface area contributed by atoms with Crippen LogP contribution in [0.25, 0.3) is 0 Å². The number of rotatable bonds is 4. The summed E-state index contributed by atoms with van der Waals surface area (Å²) < 4.78 is 26.0. The van der Waals surface area contributed by atoms with Gasteiger partial charge in [-0.3, -0.25) is 14.6 Å². The Labute approximate surface area is 175 Å². The lowest BCUT2D eigenvalue weighted by Gasteiger charge is -2.35. The first-order valence-electron chi connectivity index (χ1n) is 10.2. The van der Waals surface area contributed by atoms with Crippen LogP contribution in [0, 0.1) is 0 Å². The zero-order chi connectivity index (χ0) is 21.3. The summed E-state index contributed by atoms with van der Waals surface area (Å²) in [5.41, 5.74) is 1.26. The second-order valence-corrected chi connectivity index (χ2v) is 9.87. The monoisotopic (exact) mass is 431 g/mol. The van der Waals surface area contributed by atoms with Gasteiger partial charge in [0.1, 0.15) is 5.82 Å². The maximum Gasteiger partial charge on any atom is 0.256 e. The zero-order valence-corrected chi connectivity index (χ0v) is 17.7. The first-order chi connectivity index (χ1) is 14.4. The molecule has 10 heteroatoms. The molecular formula is C20H25N5O4S. The normalized spacial score (nSPS) is 20.0. The third-order valence-electron chi connectivity index (χ3n) is 5.80. The summed E-state index contributed by atoms with van der Waals surface area (Å²) in [5, 5.41) is 0. The van der Waals surface area contributed by atoms with Crippen molar-refractivity contribution in [2.45, 2.75) is 45.2 Å². The van der Waals surface area contributed by atoms with Gasteiger partial charge in [-0.25, -0.2) is 13.4 Å². The fourth-order valence-corrected chi connectivity index (χ4v) is 5.18. The quantitative estimate of drug-likeness (QED) is 0.779. The number of likely N-dealkylation sites (tertiary alicyclic amines) is 1. The van der Waals surface area contributed by atoms with E-state index in [9.17, 15) is 18.0 Å². The van der Waals surface area contributed by atoms with E-state index in [4.69, 9.17) is 0 Å². The molecule has 2 aliphatic heterocycles. The van der Waals surface area contributed by atoms with E-state index in [0.29, 0.717) is 42.0 Å². The molecule has 0 aliphatic carbocycles. The van der Waals surface area contributed by atoms with Crippen LogP contribution in [0.3, 0.4) is 0 Å². The molecule has 30 heavy (non-hydrogen) atoms. The molecule has 0 spiro atoms. The highest BCUT2D eigenvalue weighted by Crippen LogP contribution is 2.30. The molecule has 2 aromatic rings. The van der Waals surface area contributed by atoms with Crippen molar-refractivity contribution < 1.29 is 13.2 Å². The minimum absolute atomic E-state index is 0.00833. The van der Waals surface area contributed by atoms with Crippen LogP contribution in [-0.4, -0.2) is 57.3 Å². The van der Waals surface area contributed by atoms with Gasteiger partial charge in [0, 0.05) is 31.0 Å². The van der Waals surface area contributed by atoms with Crippen molar-refractivity contribution in [3.05, 3.63) is 57.5 Å². The smallest absolute Gasteiger partial charge is 0.256 e. The largest absolute Gasteiger partial charge is 0.328 e. The lowest BCUT2D eigenvalue weighted by Crippen LogP contribution is -2.42. The number of amides is 1. The maximum atomic E-state index is 13.1. The number of nitrogens with one attached hydrogen (secondary N) is 1. The minimum atomic E-state index is -3.37. The molecule has 1 saturated heterocycles. The molecular weight excluding hydrogens is 406 g/mol. The second-order valence-electron chi connectivity index (χ2n) is 7.61. The number of H-pyrrole nitrogens is 1. The molecule has 1 amide bonds. The Bertz CT molecular complexity index is 1100. The van der Waals surface area contributed by atoms with Crippen molar-refractivity contribution in [1.29, 1.82) is 0 Å². The van der Waals surface area contributed by atoms with Gasteiger partial charge < -0.3 is 9.88 Å². The van der Waals surface area contributed by atoms with Crippen molar-refractivity contribution in [3.63, 3.8) is 0 Å². The Balaban J connectivity index is 1.68. The number of pyridine rings is 1. The SMILES string of the molecule is CCS(=O)(=O)N1CCc2c(nc([C@@H]3CCCCN3C(=O)c3cccnc3)[nH]c2=O)C1. The number of hydrogen-bond acceptors (Lipinski definition) is 6. The Hall–Kier alpha value is -2.59. The maximum absolute atomic E-state index is 13.1. The van der Waals surface area contributed by atoms with Crippen molar-refractivity contribution in [1.82, 2.24) is 24.2 Å². The molecule has 1 N–H and O–H groups in total. The number of fused-ring (bicyclic) bond motifs is 1. The number of sulfonamides is 1. The summed E-state index contributed by atoms with van der Waals surface area (Å²) >= 11 is 0. The molecule has 0 saturated carbocycles. The number of hydrogen-bond donors (Lipinski definition) is 1. The summed E-state index contributed by atoms with van der Waals surface area (Å²) in [7, 11) is -3.37. The summed E-state index contributed by atoms with van der Waals surface area (Å²) in [5.74, 6) is 0.281. The molecule has 4 heterocycles. The fraction of sp³-hybridized carbons (Fsp3) is 0.500. The van der Waals surface area contributed by atoms with Gasteiger partial charge in [0.15, 0.2) is 0 Å². The number of nitrogens with zero attached hydrogens (tertiary/aromatic N) is 4. The molecule has 1 atom stereocenters. The fourth-order valence-electron chi connectivity index (χ4n) is 4.13. The molecule has 9 nitrogen and oxygen atoms in total. The average molecular weight is 432 g/mol. The van der Waals surface area contributed by atoms with Crippen LogP contribution in [0.5, 0.6) is 0 Å². The van der Waals surface area contributed by atoms with Crippen molar-refractivity contribution in [2.75, 3.05) is 18.8 Å². The van der Waals surface area contributed by atoms with E-state index in [2.05, 4.69) is 15.0 Å². The van der Waals surface area contributed by atoms with Crippen LogP contribution in [-0.2, 0) is 23.0 Å². The van der Waals surface area contributed by atoms with Crippen molar-refractivity contribution in [2.24, 2.45) is 0 Å². The van der Waals surface area contributed by atoms with E-state index in [-0.39, 0.29) is 36.4 Å². The molecule has 1 fully saturated rings. The first-order valence-corrected chi connectivity index (χ1v) is 11.8. The molecule has 0 radical (unpaired) electrons. The van der Waals surface area contributed by atoms with Crippen LogP contribution >= 0.6 is 0 Å². The standard InChI is InChI=1S/C20H25N5O4S/c1-2-30(28,29)24-11-8-15-16(13-24)22-18(23-19(15)26)17-7-3-4-10-25(17)20(27)14-6-5-9-21-12-14/h5-6,9,12,17H,2-4,7-8,10-11,13H2,1H3,(H,22,23,26)/t17-/m0/s1. The first kappa shape index (κ1) is 20.7. The van der Waals surface area contributed by atoms with Crippen LogP contribution < -0.4 is 5.56 Å². The predicted octanol–water partition coefficient (Wildman–Crippen LogP) is 1.24. The summed E-state index contributed by atoms with van der Waals surface area (Å²) in [6.07, 6.45) is 5.96. The van der Waals surface area contributed by atoms with Gasteiger partial charge in [-0.1, -0.05) is 0 Å². The number of piperidine rings is 1. The Morgan fingerprint density at radius 1 is 1.30 bits per heavy atom. The van der Waals surface area contributed by atoms with Crippen LogP contribution in [0.15, 0.2) is 29.3 Å². The molecule has 0 aromatic carbocycles. The minimum Gasteiger partial charge on any atom is -0.328 e. The van der Waals surface area contributed by atoms with Crippen LogP contribution in [0.2, 0.25) is 0 Å². The summed E-state index contributed by atoms with van der Waals surface area (Å²) in [4.78, 5) is 39.1. The second kappa shape index (κ2) is 8.27. The molecule has 0 unspecified atom stereocenters. The van der Waals surface area contributed by atoms with E-state index >= 15 is 0 Å². The van der Waals surface area contributed by atoms with Gasteiger partial charge in [0.2, 0.25) is 10.0 Å². The Kier molecular flexibility index (Phi) is 5.70. The number of carbonyl (C=O) groups is 1. The summed E-state index contributed by atoms with van der Waals surface area (Å²) in [6, 6.07) is 3.08. The van der Waals surface area contributed by atoms with Crippen LogP contribution in [0.1, 0.15) is 59.7 Å². The highest BCUT2D eigenvalue weighted by molar-refractivity contribution is 7.89. The van der Waals surface area contributed by atoms with E-state index < -0.39 is 10.0 Å². The molecule has 2 aliphatic rings. The van der Waals surface area contributed by atoms with Crippen molar-refractivity contribution in [3.8, 4) is 0 Å². The highest BCUT2D eigenvalue weighted by Gasteiger charge is 2.33. The lowest BCUT2D eigenvalue weighted by molar-refractivity contribution is 0.0598. The van der Waals surface area contributed by atoms with Crippen LogP contribution in [0.4, 0.5) is 0 Å². The van der Waals surface area contributed by atoms with E-state index in [1.807, 2.05) is 0 Å². The predicted molar refractivity (Wildman–Crippen MR) is 110 cm³/mol. The van der Waals surface area contributed by atoms with E-state index in [0.717, 1.165) is 12.8 Å². The number of aromatic amines is 1. The van der Waals surface area contributed by atoms with Gasteiger partial charge >= 0.3 is 0 Å².